The van der Waals surface area contributed by atoms with Crippen molar-refractivity contribution in [3.8, 4) is 0 Å². The molecular formula is C13H28N2. The molecule has 0 spiro atoms. The maximum Gasteiger partial charge on any atom is 0.00366 e. The Labute approximate surface area is 95.2 Å². The topological polar surface area (TPSA) is 29.3 Å². The molecule has 2 nitrogen and oxygen atoms in total. The van der Waals surface area contributed by atoms with Gasteiger partial charge < -0.3 is 10.6 Å². The average Bonchev–Trinajstić information content (AvgIpc) is 2.16. The lowest BCUT2D eigenvalue weighted by Crippen LogP contribution is -2.40. The summed E-state index contributed by atoms with van der Waals surface area (Å²) < 4.78 is 0. The van der Waals surface area contributed by atoms with E-state index in [1.54, 1.807) is 0 Å². The summed E-state index contributed by atoms with van der Waals surface area (Å²) in [5.41, 5.74) is 6.46. The van der Waals surface area contributed by atoms with Gasteiger partial charge in [-0.1, -0.05) is 20.8 Å². The zero-order chi connectivity index (χ0) is 11.3. The van der Waals surface area contributed by atoms with Gasteiger partial charge >= 0.3 is 0 Å². The largest absolute Gasteiger partial charge is 0.328 e. The highest BCUT2D eigenvalue weighted by atomic mass is 15.1. The fourth-order valence-electron chi connectivity index (χ4n) is 2.52. The average molecular weight is 212 g/mol. The molecule has 2 N–H and O–H groups in total. The smallest absolute Gasteiger partial charge is 0.00366 e. The van der Waals surface area contributed by atoms with Crippen LogP contribution in [0.1, 0.15) is 52.9 Å². The number of nitrogens with two attached hydrogens (primary N) is 1. The monoisotopic (exact) mass is 212 g/mol. The first-order valence-corrected chi connectivity index (χ1v) is 6.51. The van der Waals surface area contributed by atoms with Gasteiger partial charge in [-0.25, -0.2) is 0 Å². The number of hydrogen-bond acceptors (Lipinski definition) is 2. The molecule has 1 aliphatic heterocycles. The van der Waals surface area contributed by atoms with Gasteiger partial charge in [-0.15, -0.1) is 0 Å². The van der Waals surface area contributed by atoms with E-state index in [0.717, 1.165) is 6.42 Å². The van der Waals surface area contributed by atoms with Crippen LogP contribution >= 0.6 is 0 Å². The van der Waals surface area contributed by atoms with Crippen molar-refractivity contribution < 1.29 is 0 Å². The molecule has 0 bridgehead atoms. The number of hydrogen-bond donors (Lipinski definition) is 1. The van der Waals surface area contributed by atoms with Gasteiger partial charge in [-0.3, -0.25) is 0 Å². The minimum Gasteiger partial charge on any atom is -0.328 e. The van der Waals surface area contributed by atoms with Gasteiger partial charge in [-0.2, -0.15) is 0 Å². The molecule has 0 aromatic carbocycles. The SMILES string of the molecule is CCC(N)CCCN1CCCC(C)(C)C1. The number of nitrogens with zero attached hydrogens (tertiary/aromatic N) is 1. The van der Waals surface area contributed by atoms with Gasteiger partial charge in [0.1, 0.15) is 0 Å². The van der Waals surface area contributed by atoms with E-state index in [0.29, 0.717) is 11.5 Å². The molecule has 0 aliphatic carbocycles. The third-order valence-electron chi connectivity index (χ3n) is 3.55. The molecule has 1 unspecified atom stereocenters. The molecule has 90 valence electrons. The zero-order valence-corrected chi connectivity index (χ0v) is 10.8. The van der Waals surface area contributed by atoms with Gasteiger partial charge in [-0.05, 0) is 50.6 Å². The van der Waals surface area contributed by atoms with Crippen molar-refractivity contribution in [3.05, 3.63) is 0 Å². The van der Waals surface area contributed by atoms with Crippen LogP contribution in [0.25, 0.3) is 0 Å². The minimum absolute atomic E-state index is 0.419. The molecule has 0 aromatic rings. The first kappa shape index (κ1) is 13.0. The maximum absolute atomic E-state index is 5.92. The van der Waals surface area contributed by atoms with Crippen molar-refractivity contribution in [1.29, 1.82) is 0 Å². The Morgan fingerprint density at radius 1 is 1.40 bits per heavy atom. The maximum atomic E-state index is 5.92. The van der Waals surface area contributed by atoms with E-state index in [1.807, 2.05) is 0 Å². The van der Waals surface area contributed by atoms with Crippen LogP contribution in [0, 0.1) is 5.41 Å². The van der Waals surface area contributed by atoms with Crippen molar-refractivity contribution >= 4 is 0 Å². The van der Waals surface area contributed by atoms with Gasteiger partial charge in [0, 0.05) is 12.6 Å². The van der Waals surface area contributed by atoms with E-state index in [9.17, 15) is 0 Å². The van der Waals surface area contributed by atoms with Gasteiger partial charge in [0.25, 0.3) is 0 Å². The summed E-state index contributed by atoms with van der Waals surface area (Å²) in [6.45, 7) is 10.8. The van der Waals surface area contributed by atoms with Crippen LogP contribution in [0.2, 0.25) is 0 Å². The Hall–Kier alpha value is -0.0800. The lowest BCUT2D eigenvalue weighted by Gasteiger charge is -2.38. The fourth-order valence-corrected chi connectivity index (χ4v) is 2.52. The Bertz CT molecular complexity index is 177. The van der Waals surface area contributed by atoms with Crippen LogP contribution in [0.4, 0.5) is 0 Å². The first-order chi connectivity index (χ1) is 7.03. The third-order valence-corrected chi connectivity index (χ3v) is 3.55. The van der Waals surface area contributed by atoms with Crippen molar-refractivity contribution in [3.63, 3.8) is 0 Å². The van der Waals surface area contributed by atoms with Crippen LogP contribution in [-0.2, 0) is 0 Å². The molecular weight excluding hydrogens is 184 g/mol. The Morgan fingerprint density at radius 3 is 2.73 bits per heavy atom. The third kappa shape index (κ3) is 4.98. The molecule has 1 saturated heterocycles. The van der Waals surface area contributed by atoms with E-state index in [4.69, 9.17) is 5.73 Å². The Balaban J connectivity index is 2.16. The van der Waals surface area contributed by atoms with E-state index < -0.39 is 0 Å². The van der Waals surface area contributed by atoms with Crippen LogP contribution < -0.4 is 5.73 Å². The van der Waals surface area contributed by atoms with Crippen LogP contribution in [-0.4, -0.2) is 30.6 Å². The van der Waals surface area contributed by atoms with Crippen LogP contribution in [0.15, 0.2) is 0 Å². The summed E-state index contributed by atoms with van der Waals surface area (Å²) in [4.78, 5) is 2.62. The van der Waals surface area contributed by atoms with Crippen molar-refractivity contribution in [1.82, 2.24) is 4.90 Å². The van der Waals surface area contributed by atoms with E-state index >= 15 is 0 Å². The van der Waals surface area contributed by atoms with Crippen molar-refractivity contribution in [2.75, 3.05) is 19.6 Å². The number of piperidine rings is 1. The van der Waals surface area contributed by atoms with Crippen molar-refractivity contribution in [2.45, 2.75) is 58.9 Å². The van der Waals surface area contributed by atoms with Crippen molar-refractivity contribution in [2.24, 2.45) is 11.1 Å². The van der Waals surface area contributed by atoms with E-state index in [-0.39, 0.29) is 0 Å². The van der Waals surface area contributed by atoms with E-state index in [2.05, 4.69) is 25.7 Å². The van der Waals surface area contributed by atoms with Gasteiger partial charge in [0.15, 0.2) is 0 Å². The zero-order valence-electron chi connectivity index (χ0n) is 10.8. The summed E-state index contributed by atoms with van der Waals surface area (Å²) in [6.07, 6.45) is 6.33. The second-order valence-corrected chi connectivity index (χ2v) is 5.85. The molecule has 1 aliphatic rings. The normalized spacial score (nSPS) is 24.0. The second kappa shape index (κ2) is 5.86. The fraction of sp³-hybridized carbons (Fsp3) is 1.00. The predicted molar refractivity (Wildman–Crippen MR) is 67.0 cm³/mol. The molecule has 1 fully saturated rings. The molecule has 0 saturated carbocycles. The standard InChI is InChI=1S/C13H28N2/c1-4-12(14)7-5-9-15-10-6-8-13(2,3)11-15/h12H,4-11,14H2,1-3H3. The molecule has 1 heterocycles. The second-order valence-electron chi connectivity index (χ2n) is 5.85. The molecule has 0 aromatic heterocycles. The summed E-state index contributed by atoms with van der Waals surface area (Å²) in [7, 11) is 0. The lowest BCUT2D eigenvalue weighted by atomic mass is 9.84. The molecule has 15 heavy (non-hydrogen) atoms. The molecule has 1 atom stereocenters. The van der Waals surface area contributed by atoms with Crippen LogP contribution in [0.5, 0.6) is 0 Å². The van der Waals surface area contributed by atoms with Crippen LogP contribution in [0.3, 0.4) is 0 Å². The minimum atomic E-state index is 0.419. The Morgan fingerprint density at radius 2 is 2.13 bits per heavy atom. The highest BCUT2D eigenvalue weighted by Crippen LogP contribution is 2.28. The van der Waals surface area contributed by atoms with Gasteiger partial charge in [0.05, 0.1) is 0 Å². The lowest BCUT2D eigenvalue weighted by molar-refractivity contribution is 0.115. The number of likely N-dealkylation sites (tertiary alicyclic amines) is 1. The summed E-state index contributed by atoms with van der Waals surface area (Å²) >= 11 is 0. The molecule has 0 radical (unpaired) electrons. The number of rotatable bonds is 5. The summed E-state index contributed by atoms with van der Waals surface area (Å²) in [5, 5.41) is 0. The Kier molecular flexibility index (Phi) is 5.07. The predicted octanol–water partition coefficient (Wildman–Crippen LogP) is 2.63. The van der Waals surface area contributed by atoms with Gasteiger partial charge in [0.2, 0.25) is 0 Å². The highest BCUT2D eigenvalue weighted by Gasteiger charge is 2.25. The molecule has 2 heteroatoms. The highest BCUT2D eigenvalue weighted by molar-refractivity contribution is 4.79. The first-order valence-electron chi connectivity index (χ1n) is 6.51. The molecule has 1 rings (SSSR count). The molecule has 0 amide bonds. The summed E-state index contributed by atoms with van der Waals surface area (Å²) in [6, 6.07) is 0.419. The quantitative estimate of drug-likeness (QED) is 0.759. The van der Waals surface area contributed by atoms with E-state index in [1.165, 1.54) is 45.3 Å². The summed E-state index contributed by atoms with van der Waals surface area (Å²) in [5.74, 6) is 0.